The fourth-order valence-electron chi connectivity index (χ4n) is 1.90. The van der Waals surface area contributed by atoms with Crippen molar-refractivity contribution in [3.05, 3.63) is 54.6 Å². The summed E-state index contributed by atoms with van der Waals surface area (Å²) in [6.45, 7) is -0.0455. The Morgan fingerprint density at radius 2 is 1.70 bits per heavy atom. The molecule has 0 aliphatic heterocycles. The monoisotopic (exact) mass is 272 g/mol. The smallest absolute Gasteiger partial charge is 0.306 e. The summed E-state index contributed by atoms with van der Waals surface area (Å²) < 4.78 is 5.54. The fourth-order valence-corrected chi connectivity index (χ4v) is 1.90. The van der Waals surface area contributed by atoms with Crippen molar-refractivity contribution in [1.82, 2.24) is 0 Å². The number of aliphatic hydroxyl groups is 1. The summed E-state index contributed by atoms with van der Waals surface area (Å²) in [6, 6.07) is 17.2. The van der Waals surface area contributed by atoms with Crippen molar-refractivity contribution in [3.8, 4) is 16.9 Å². The average Bonchev–Trinajstić information content (AvgIpc) is 2.46. The fraction of sp³-hybridized carbons (Fsp3) is 0.188. The minimum absolute atomic E-state index is 0.0455. The number of carbonyl (C=O) groups is 1. The van der Waals surface area contributed by atoms with Gasteiger partial charge in [-0.05, 0) is 11.6 Å². The van der Waals surface area contributed by atoms with Crippen LogP contribution < -0.4 is 4.74 Å². The number of carboxylic acid groups (broad SMARTS) is 1. The lowest BCUT2D eigenvalue weighted by Crippen LogP contribution is -2.21. The first-order valence-electron chi connectivity index (χ1n) is 6.34. The van der Waals surface area contributed by atoms with Crippen LogP contribution in [0.3, 0.4) is 0 Å². The van der Waals surface area contributed by atoms with Crippen molar-refractivity contribution in [2.45, 2.75) is 12.5 Å². The van der Waals surface area contributed by atoms with Crippen LogP contribution in [0.15, 0.2) is 54.6 Å². The van der Waals surface area contributed by atoms with E-state index in [0.717, 1.165) is 11.1 Å². The number of aliphatic hydroxyl groups excluding tert-OH is 1. The van der Waals surface area contributed by atoms with Crippen LogP contribution in [-0.4, -0.2) is 28.9 Å². The average molecular weight is 272 g/mol. The predicted octanol–water partition coefficient (Wildman–Crippen LogP) is 2.57. The number of hydrogen-bond acceptors (Lipinski definition) is 3. The lowest BCUT2D eigenvalue weighted by atomic mass is 10.1. The van der Waals surface area contributed by atoms with Gasteiger partial charge in [0.25, 0.3) is 0 Å². The zero-order valence-corrected chi connectivity index (χ0v) is 10.9. The van der Waals surface area contributed by atoms with E-state index in [9.17, 15) is 9.90 Å². The summed E-state index contributed by atoms with van der Waals surface area (Å²) >= 11 is 0. The highest BCUT2D eigenvalue weighted by molar-refractivity contribution is 5.70. The lowest BCUT2D eigenvalue weighted by molar-refractivity contribution is -0.139. The van der Waals surface area contributed by atoms with Crippen LogP contribution >= 0.6 is 0 Å². The second-order valence-corrected chi connectivity index (χ2v) is 4.42. The van der Waals surface area contributed by atoms with Gasteiger partial charge in [-0.3, -0.25) is 4.79 Å². The SMILES string of the molecule is O=C(O)C[C@@H](O)COc1ccccc1-c1ccccc1. The Bertz CT molecular complexity index is 566. The maximum atomic E-state index is 10.5. The van der Waals surface area contributed by atoms with E-state index in [0.29, 0.717) is 5.75 Å². The molecule has 0 aliphatic rings. The molecule has 2 rings (SSSR count). The molecule has 1 atom stereocenters. The Hall–Kier alpha value is -2.33. The van der Waals surface area contributed by atoms with E-state index in [-0.39, 0.29) is 13.0 Å². The molecule has 0 amide bonds. The molecule has 0 heterocycles. The van der Waals surface area contributed by atoms with Crippen molar-refractivity contribution >= 4 is 5.97 Å². The Balaban J connectivity index is 2.11. The maximum Gasteiger partial charge on any atom is 0.306 e. The van der Waals surface area contributed by atoms with E-state index in [4.69, 9.17) is 9.84 Å². The normalized spacial score (nSPS) is 11.8. The van der Waals surface area contributed by atoms with Gasteiger partial charge in [-0.15, -0.1) is 0 Å². The molecule has 2 aromatic carbocycles. The van der Waals surface area contributed by atoms with Crippen molar-refractivity contribution in [3.63, 3.8) is 0 Å². The molecule has 0 aliphatic carbocycles. The predicted molar refractivity (Wildman–Crippen MR) is 75.6 cm³/mol. The molecule has 0 radical (unpaired) electrons. The number of hydrogen-bond donors (Lipinski definition) is 2. The first-order chi connectivity index (χ1) is 9.66. The molecule has 4 heteroatoms. The molecule has 104 valence electrons. The molecule has 4 nitrogen and oxygen atoms in total. The molecule has 0 spiro atoms. The minimum atomic E-state index is -1.04. The number of para-hydroxylation sites is 1. The van der Waals surface area contributed by atoms with E-state index in [1.54, 1.807) is 6.07 Å². The van der Waals surface area contributed by atoms with Crippen LogP contribution in [0.1, 0.15) is 6.42 Å². The van der Waals surface area contributed by atoms with Gasteiger partial charge >= 0.3 is 5.97 Å². The van der Waals surface area contributed by atoms with Gasteiger partial charge in [0.05, 0.1) is 12.5 Å². The highest BCUT2D eigenvalue weighted by Crippen LogP contribution is 2.29. The second kappa shape index (κ2) is 6.73. The number of aliphatic carboxylic acids is 1. The Kier molecular flexibility index (Phi) is 4.74. The van der Waals surface area contributed by atoms with Crippen LogP contribution in [0, 0.1) is 0 Å². The van der Waals surface area contributed by atoms with Crippen molar-refractivity contribution < 1.29 is 19.7 Å². The van der Waals surface area contributed by atoms with Crippen LogP contribution in [0.4, 0.5) is 0 Å². The first-order valence-corrected chi connectivity index (χ1v) is 6.34. The summed E-state index contributed by atoms with van der Waals surface area (Å²) in [5.74, 6) is -0.416. The zero-order chi connectivity index (χ0) is 14.4. The third kappa shape index (κ3) is 3.83. The summed E-state index contributed by atoms with van der Waals surface area (Å²) in [7, 11) is 0. The number of rotatable bonds is 6. The third-order valence-corrected chi connectivity index (χ3v) is 2.81. The Morgan fingerprint density at radius 3 is 2.40 bits per heavy atom. The van der Waals surface area contributed by atoms with Gasteiger partial charge in [0.1, 0.15) is 12.4 Å². The molecule has 0 fully saturated rings. The van der Waals surface area contributed by atoms with Gasteiger partial charge in [0.15, 0.2) is 0 Å². The Labute approximate surface area is 117 Å². The summed E-state index contributed by atoms with van der Waals surface area (Å²) in [4.78, 5) is 10.5. The van der Waals surface area contributed by atoms with Gasteiger partial charge in [0.2, 0.25) is 0 Å². The van der Waals surface area contributed by atoms with Crippen LogP contribution in [0.5, 0.6) is 5.75 Å². The van der Waals surface area contributed by atoms with E-state index >= 15 is 0 Å². The standard InChI is InChI=1S/C16H16O4/c17-13(10-16(18)19)11-20-15-9-5-4-8-14(15)12-6-2-1-3-7-12/h1-9,13,17H,10-11H2,(H,18,19)/t13-/m1/s1. The molecule has 0 bridgehead atoms. The summed E-state index contributed by atoms with van der Waals surface area (Å²) in [5, 5.41) is 18.1. The maximum absolute atomic E-state index is 10.5. The molecule has 0 saturated heterocycles. The van der Waals surface area contributed by atoms with E-state index < -0.39 is 12.1 Å². The molecule has 20 heavy (non-hydrogen) atoms. The number of carboxylic acids is 1. The van der Waals surface area contributed by atoms with Crippen molar-refractivity contribution in [1.29, 1.82) is 0 Å². The zero-order valence-electron chi connectivity index (χ0n) is 10.9. The van der Waals surface area contributed by atoms with Gasteiger partial charge < -0.3 is 14.9 Å². The summed E-state index contributed by atoms with van der Waals surface area (Å²) in [6.07, 6.45) is -1.34. The largest absolute Gasteiger partial charge is 0.490 e. The van der Waals surface area contributed by atoms with Gasteiger partial charge in [-0.25, -0.2) is 0 Å². The third-order valence-electron chi connectivity index (χ3n) is 2.81. The summed E-state index contributed by atoms with van der Waals surface area (Å²) in [5.41, 5.74) is 1.92. The van der Waals surface area contributed by atoms with Crippen LogP contribution in [-0.2, 0) is 4.79 Å². The quantitative estimate of drug-likeness (QED) is 0.848. The molecule has 0 aromatic heterocycles. The van der Waals surface area contributed by atoms with Gasteiger partial charge in [-0.1, -0.05) is 48.5 Å². The molecular formula is C16H16O4. The topological polar surface area (TPSA) is 66.8 Å². The Morgan fingerprint density at radius 1 is 1.05 bits per heavy atom. The molecule has 2 N–H and O–H groups in total. The first kappa shape index (κ1) is 14.1. The minimum Gasteiger partial charge on any atom is -0.490 e. The highest BCUT2D eigenvalue weighted by Gasteiger charge is 2.12. The molecule has 0 unspecified atom stereocenters. The van der Waals surface area contributed by atoms with Crippen molar-refractivity contribution in [2.24, 2.45) is 0 Å². The van der Waals surface area contributed by atoms with Crippen LogP contribution in [0.2, 0.25) is 0 Å². The van der Waals surface area contributed by atoms with Gasteiger partial charge in [0, 0.05) is 5.56 Å². The number of ether oxygens (including phenoxy) is 1. The van der Waals surface area contributed by atoms with E-state index in [1.807, 2.05) is 48.5 Å². The van der Waals surface area contributed by atoms with E-state index in [1.165, 1.54) is 0 Å². The lowest BCUT2D eigenvalue weighted by Gasteiger charge is -2.14. The highest BCUT2D eigenvalue weighted by atomic mass is 16.5. The van der Waals surface area contributed by atoms with E-state index in [2.05, 4.69) is 0 Å². The molecule has 2 aromatic rings. The molecular weight excluding hydrogens is 256 g/mol. The van der Waals surface area contributed by atoms with Crippen molar-refractivity contribution in [2.75, 3.05) is 6.61 Å². The number of benzene rings is 2. The second-order valence-electron chi connectivity index (χ2n) is 4.42. The van der Waals surface area contributed by atoms with Crippen LogP contribution in [0.25, 0.3) is 11.1 Å². The molecule has 0 saturated carbocycles. The van der Waals surface area contributed by atoms with Gasteiger partial charge in [-0.2, -0.15) is 0 Å².